The van der Waals surface area contributed by atoms with E-state index < -0.39 is 0 Å². The van der Waals surface area contributed by atoms with Gasteiger partial charge in [0.05, 0.1) is 5.92 Å². The third-order valence-corrected chi connectivity index (χ3v) is 3.05. The predicted octanol–water partition coefficient (Wildman–Crippen LogP) is 3.15. The molecule has 2 unspecified atom stereocenters. The number of halogens is 1. The summed E-state index contributed by atoms with van der Waals surface area (Å²) in [7, 11) is 0. The molecule has 0 aliphatic heterocycles. The van der Waals surface area contributed by atoms with Gasteiger partial charge in [0.1, 0.15) is 0 Å². The monoisotopic (exact) mass is 270 g/mol. The molecule has 1 rings (SSSR count). The normalized spacial score (nSPS) is 13.7. The Kier molecular flexibility index (Phi) is 6.96. The fraction of sp³-hybridized carbons (Fsp3) is 0.500. The van der Waals surface area contributed by atoms with E-state index in [1.165, 1.54) is 5.56 Å². The van der Waals surface area contributed by atoms with Crippen molar-refractivity contribution in [3.05, 3.63) is 29.8 Å². The Balaban J connectivity index is 0.00000289. The van der Waals surface area contributed by atoms with Crippen molar-refractivity contribution < 1.29 is 4.79 Å². The summed E-state index contributed by atoms with van der Waals surface area (Å²) in [4.78, 5) is 11.8. The van der Waals surface area contributed by atoms with Crippen LogP contribution < -0.4 is 11.1 Å². The second kappa shape index (κ2) is 7.39. The first-order chi connectivity index (χ1) is 7.91. The van der Waals surface area contributed by atoms with Crippen LogP contribution in [0, 0.1) is 5.92 Å². The van der Waals surface area contributed by atoms with E-state index in [1.807, 2.05) is 38.1 Å². The predicted molar refractivity (Wildman–Crippen MR) is 79.2 cm³/mol. The first kappa shape index (κ1) is 16.9. The van der Waals surface area contributed by atoms with Crippen LogP contribution in [0.25, 0.3) is 0 Å². The number of carbonyl (C=O) groups is 1. The third kappa shape index (κ3) is 4.67. The molecule has 102 valence electrons. The van der Waals surface area contributed by atoms with Crippen molar-refractivity contribution in [1.82, 2.24) is 0 Å². The molecule has 0 heterocycles. The lowest BCUT2D eigenvalue weighted by Crippen LogP contribution is -2.34. The Morgan fingerprint density at radius 1 is 1.11 bits per heavy atom. The van der Waals surface area contributed by atoms with Gasteiger partial charge in [0.25, 0.3) is 0 Å². The Morgan fingerprint density at radius 2 is 1.61 bits per heavy atom. The van der Waals surface area contributed by atoms with Crippen LogP contribution in [0.2, 0.25) is 0 Å². The Morgan fingerprint density at radius 3 is 2.00 bits per heavy atom. The highest BCUT2D eigenvalue weighted by molar-refractivity contribution is 5.92. The van der Waals surface area contributed by atoms with Crippen molar-refractivity contribution in [2.75, 3.05) is 5.32 Å². The Hall–Kier alpha value is -1.06. The molecule has 0 radical (unpaired) electrons. The van der Waals surface area contributed by atoms with Gasteiger partial charge < -0.3 is 11.1 Å². The molecule has 0 aliphatic rings. The van der Waals surface area contributed by atoms with Gasteiger partial charge in [0, 0.05) is 11.7 Å². The van der Waals surface area contributed by atoms with E-state index in [2.05, 4.69) is 19.2 Å². The number of nitrogens with two attached hydrogens (primary N) is 1. The molecule has 18 heavy (non-hydrogen) atoms. The number of hydrogen-bond acceptors (Lipinski definition) is 2. The van der Waals surface area contributed by atoms with Gasteiger partial charge >= 0.3 is 0 Å². The summed E-state index contributed by atoms with van der Waals surface area (Å²) >= 11 is 0. The molecule has 1 amide bonds. The summed E-state index contributed by atoms with van der Waals surface area (Å²) in [5.41, 5.74) is 7.79. The van der Waals surface area contributed by atoms with E-state index in [9.17, 15) is 4.79 Å². The Bertz CT molecular complexity index is 374. The zero-order chi connectivity index (χ0) is 13.0. The number of nitrogens with one attached hydrogen (secondary N) is 1. The van der Waals surface area contributed by atoms with E-state index in [0.29, 0.717) is 5.92 Å². The maximum Gasteiger partial charge on any atom is 0.228 e. The molecule has 0 aromatic heterocycles. The number of anilines is 1. The number of benzene rings is 1. The van der Waals surface area contributed by atoms with Gasteiger partial charge in [-0.25, -0.2) is 0 Å². The number of carbonyl (C=O) groups excluding carboxylic acids is 1. The molecule has 4 heteroatoms. The average molecular weight is 271 g/mol. The molecule has 2 atom stereocenters. The van der Waals surface area contributed by atoms with Crippen LogP contribution in [-0.4, -0.2) is 11.9 Å². The van der Waals surface area contributed by atoms with Crippen LogP contribution in [-0.2, 0) is 4.79 Å². The lowest BCUT2D eigenvalue weighted by Gasteiger charge is -2.15. The standard InChI is InChI=1S/C14H22N2O.ClH/c1-9(2)12-5-7-13(8-6-12)16-14(17)10(3)11(4)15;/h5-11H,15H2,1-4H3,(H,16,17);1H. The highest BCUT2D eigenvalue weighted by Gasteiger charge is 2.16. The SMILES string of the molecule is CC(C)c1ccc(NC(=O)C(C)C(C)N)cc1.Cl. The minimum absolute atomic E-state index is 0. The lowest BCUT2D eigenvalue weighted by atomic mass is 10.0. The molecule has 0 saturated carbocycles. The summed E-state index contributed by atoms with van der Waals surface area (Å²) in [5, 5.41) is 2.87. The van der Waals surface area contributed by atoms with Crippen LogP contribution in [0.15, 0.2) is 24.3 Å². The largest absolute Gasteiger partial charge is 0.327 e. The molecule has 0 fully saturated rings. The summed E-state index contributed by atoms with van der Waals surface area (Å²) in [6.45, 7) is 7.96. The second-order valence-corrected chi connectivity index (χ2v) is 4.91. The fourth-order valence-corrected chi connectivity index (χ4v) is 1.45. The molecular formula is C14H23ClN2O. The molecule has 0 saturated heterocycles. The molecule has 3 N–H and O–H groups in total. The van der Waals surface area contributed by atoms with E-state index >= 15 is 0 Å². The number of rotatable bonds is 4. The van der Waals surface area contributed by atoms with Crippen molar-refractivity contribution >= 4 is 24.0 Å². The highest BCUT2D eigenvalue weighted by Crippen LogP contribution is 2.17. The lowest BCUT2D eigenvalue weighted by molar-refractivity contribution is -0.119. The van der Waals surface area contributed by atoms with Crippen molar-refractivity contribution in [1.29, 1.82) is 0 Å². The molecule has 1 aromatic carbocycles. The minimum atomic E-state index is -0.181. The van der Waals surface area contributed by atoms with Crippen LogP contribution in [0.3, 0.4) is 0 Å². The van der Waals surface area contributed by atoms with Crippen molar-refractivity contribution in [3.63, 3.8) is 0 Å². The second-order valence-electron chi connectivity index (χ2n) is 4.91. The quantitative estimate of drug-likeness (QED) is 0.883. The summed E-state index contributed by atoms with van der Waals surface area (Å²) < 4.78 is 0. The van der Waals surface area contributed by atoms with Crippen molar-refractivity contribution in [2.45, 2.75) is 39.7 Å². The van der Waals surface area contributed by atoms with Gasteiger partial charge in [-0.15, -0.1) is 12.4 Å². The Labute approximate surface area is 116 Å². The number of hydrogen-bond donors (Lipinski definition) is 2. The van der Waals surface area contributed by atoms with Crippen LogP contribution in [0.1, 0.15) is 39.2 Å². The van der Waals surface area contributed by atoms with Crippen LogP contribution in [0.4, 0.5) is 5.69 Å². The topological polar surface area (TPSA) is 55.1 Å². The van der Waals surface area contributed by atoms with Crippen molar-refractivity contribution in [3.8, 4) is 0 Å². The van der Waals surface area contributed by atoms with E-state index in [1.54, 1.807) is 0 Å². The van der Waals surface area contributed by atoms with Gasteiger partial charge in [-0.05, 0) is 30.5 Å². The zero-order valence-electron chi connectivity index (χ0n) is 11.4. The summed E-state index contributed by atoms with van der Waals surface area (Å²) in [6.07, 6.45) is 0. The van der Waals surface area contributed by atoms with E-state index in [4.69, 9.17) is 5.73 Å². The first-order valence-corrected chi connectivity index (χ1v) is 6.08. The van der Waals surface area contributed by atoms with Crippen molar-refractivity contribution in [2.24, 2.45) is 11.7 Å². The summed E-state index contributed by atoms with van der Waals surface area (Å²) in [5.74, 6) is 0.291. The zero-order valence-corrected chi connectivity index (χ0v) is 12.3. The minimum Gasteiger partial charge on any atom is -0.327 e. The average Bonchev–Trinajstić information content (AvgIpc) is 2.28. The molecule has 0 bridgehead atoms. The third-order valence-electron chi connectivity index (χ3n) is 3.05. The van der Waals surface area contributed by atoms with Gasteiger partial charge in [0.2, 0.25) is 5.91 Å². The van der Waals surface area contributed by atoms with Gasteiger partial charge in [-0.2, -0.15) is 0 Å². The highest BCUT2D eigenvalue weighted by atomic mass is 35.5. The first-order valence-electron chi connectivity index (χ1n) is 6.08. The number of amides is 1. The van der Waals surface area contributed by atoms with Gasteiger partial charge in [-0.3, -0.25) is 4.79 Å². The maximum atomic E-state index is 11.8. The van der Waals surface area contributed by atoms with E-state index in [0.717, 1.165) is 5.69 Å². The van der Waals surface area contributed by atoms with Gasteiger partial charge in [-0.1, -0.05) is 32.9 Å². The molecule has 1 aromatic rings. The fourth-order valence-electron chi connectivity index (χ4n) is 1.45. The van der Waals surface area contributed by atoms with Gasteiger partial charge in [0.15, 0.2) is 0 Å². The molecular weight excluding hydrogens is 248 g/mol. The van der Waals surface area contributed by atoms with Crippen LogP contribution >= 0.6 is 12.4 Å². The molecule has 0 aliphatic carbocycles. The molecule has 3 nitrogen and oxygen atoms in total. The molecule has 0 spiro atoms. The maximum absolute atomic E-state index is 11.8. The van der Waals surface area contributed by atoms with Crippen LogP contribution in [0.5, 0.6) is 0 Å². The summed E-state index contributed by atoms with van der Waals surface area (Å²) in [6, 6.07) is 7.81. The smallest absolute Gasteiger partial charge is 0.228 e. The van der Waals surface area contributed by atoms with E-state index in [-0.39, 0.29) is 30.3 Å².